The summed E-state index contributed by atoms with van der Waals surface area (Å²) in [6.45, 7) is 16.5. The van der Waals surface area contributed by atoms with Gasteiger partial charge in [-0.3, -0.25) is 0 Å². The van der Waals surface area contributed by atoms with Gasteiger partial charge in [0.25, 0.3) is 0 Å². The van der Waals surface area contributed by atoms with E-state index < -0.39 is 16.8 Å². The molecule has 2 fully saturated rings. The number of para-hydroxylation sites is 1. The summed E-state index contributed by atoms with van der Waals surface area (Å²) >= 11 is 0. The second-order valence-electron chi connectivity index (χ2n) is 11.8. The molecule has 1 aromatic carbocycles. The van der Waals surface area contributed by atoms with Gasteiger partial charge in [0.05, 0.1) is 32.5 Å². The lowest BCUT2D eigenvalue weighted by molar-refractivity contribution is -0.231. The Morgan fingerprint density at radius 3 is 2.75 bits per heavy atom. The van der Waals surface area contributed by atoms with Crippen molar-refractivity contribution in [3.05, 3.63) is 35.4 Å². The first-order valence-corrected chi connectivity index (χ1v) is 13.3. The van der Waals surface area contributed by atoms with Crippen LogP contribution >= 0.6 is 0 Å². The topological polar surface area (TPSA) is 66.5 Å². The maximum atomic E-state index is 12.9. The molecule has 1 aromatic rings. The van der Waals surface area contributed by atoms with Gasteiger partial charge in [0.2, 0.25) is 0 Å². The van der Waals surface area contributed by atoms with E-state index in [1.165, 1.54) is 5.57 Å². The number of hydrogen-bond donors (Lipinski definition) is 0. The summed E-state index contributed by atoms with van der Waals surface area (Å²) in [5, 5.41) is 0. The summed E-state index contributed by atoms with van der Waals surface area (Å²) in [5.74, 6) is 1.60. The Morgan fingerprint density at radius 2 is 2.06 bits per heavy atom. The van der Waals surface area contributed by atoms with Crippen LogP contribution in [0.1, 0.15) is 79.4 Å². The monoisotopic (exact) mass is 501 g/mol. The zero-order valence-electron chi connectivity index (χ0n) is 23.0. The van der Waals surface area contributed by atoms with Crippen molar-refractivity contribution in [1.29, 1.82) is 0 Å². The van der Waals surface area contributed by atoms with E-state index in [9.17, 15) is 4.79 Å². The predicted octanol–water partition coefficient (Wildman–Crippen LogP) is 6.07. The van der Waals surface area contributed by atoms with Crippen molar-refractivity contribution >= 4 is 6.09 Å². The van der Waals surface area contributed by atoms with Gasteiger partial charge in [-0.2, -0.15) is 0 Å². The number of morpholine rings is 1. The van der Waals surface area contributed by atoms with Gasteiger partial charge in [-0.15, -0.1) is 0 Å². The minimum atomic E-state index is -0.591. The highest BCUT2D eigenvalue weighted by molar-refractivity contribution is 5.68. The smallest absolute Gasteiger partial charge is 0.410 e. The van der Waals surface area contributed by atoms with Crippen LogP contribution in [-0.2, 0) is 14.2 Å². The molecule has 3 aliphatic heterocycles. The molecular weight excluding hydrogens is 458 g/mol. The highest BCUT2D eigenvalue weighted by Crippen LogP contribution is 2.55. The van der Waals surface area contributed by atoms with Crippen LogP contribution in [0, 0.1) is 5.92 Å². The third-order valence-electron chi connectivity index (χ3n) is 7.31. The largest absolute Gasteiger partial charge is 0.490 e. The molecule has 7 heteroatoms. The third kappa shape index (κ3) is 5.67. The van der Waals surface area contributed by atoms with Gasteiger partial charge in [-0.05, 0) is 73.8 Å². The molecule has 36 heavy (non-hydrogen) atoms. The van der Waals surface area contributed by atoms with Crippen LogP contribution in [0.25, 0.3) is 0 Å². The molecule has 3 heterocycles. The van der Waals surface area contributed by atoms with Crippen LogP contribution in [0.5, 0.6) is 11.5 Å². The van der Waals surface area contributed by atoms with Crippen molar-refractivity contribution in [1.82, 2.24) is 4.90 Å². The first kappa shape index (κ1) is 26.8. The number of carbonyl (C=O) groups is 1. The molecule has 200 valence electrons. The standard InChI is InChI=1S/C29H43NO6/c1-8-32-23-13-9-12-21-24-22(28(7,35-25(21)23)14-10-11-20(2)3)17-29(19-33-24)18-30(15-16-34-29)26(31)36-27(4,5)6/h9,11-13,22,24H,8,10,14-19H2,1-7H3/t22-,24+,28-,29-/m0/s1. The van der Waals surface area contributed by atoms with E-state index in [4.69, 9.17) is 23.7 Å². The summed E-state index contributed by atoms with van der Waals surface area (Å²) in [5.41, 5.74) is 0.704. The Bertz CT molecular complexity index is 980. The Hall–Kier alpha value is -2.25. The molecule has 0 aliphatic carbocycles. The maximum absolute atomic E-state index is 12.9. The second kappa shape index (κ2) is 10.3. The van der Waals surface area contributed by atoms with E-state index in [0.717, 1.165) is 36.3 Å². The predicted molar refractivity (Wildman–Crippen MR) is 139 cm³/mol. The van der Waals surface area contributed by atoms with Crippen molar-refractivity contribution in [2.75, 3.05) is 32.9 Å². The van der Waals surface area contributed by atoms with Gasteiger partial charge in [0.15, 0.2) is 11.5 Å². The van der Waals surface area contributed by atoms with E-state index in [1.54, 1.807) is 4.90 Å². The Kier molecular flexibility index (Phi) is 7.63. The van der Waals surface area contributed by atoms with Crippen LogP contribution in [0.2, 0.25) is 0 Å². The van der Waals surface area contributed by atoms with Gasteiger partial charge < -0.3 is 28.6 Å². The lowest BCUT2D eigenvalue weighted by Crippen LogP contribution is -2.63. The number of hydrogen-bond acceptors (Lipinski definition) is 6. The number of carbonyl (C=O) groups excluding carboxylic acids is 1. The van der Waals surface area contributed by atoms with E-state index in [2.05, 4.69) is 32.9 Å². The molecular formula is C29H43NO6. The van der Waals surface area contributed by atoms with Gasteiger partial charge in [0.1, 0.15) is 16.8 Å². The molecule has 4 atom stereocenters. The minimum Gasteiger partial charge on any atom is -0.490 e. The first-order chi connectivity index (χ1) is 17.0. The number of fused-ring (bicyclic) bond motifs is 3. The molecule has 7 nitrogen and oxygen atoms in total. The van der Waals surface area contributed by atoms with E-state index in [1.807, 2.05) is 39.8 Å². The van der Waals surface area contributed by atoms with Crippen LogP contribution < -0.4 is 9.47 Å². The van der Waals surface area contributed by atoms with Gasteiger partial charge in [-0.25, -0.2) is 4.79 Å². The molecule has 4 rings (SSSR count). The molecule has 0 aromatic heterocycles. The van der Waals surface area contributed by atoms with Gasteiger partial charge in [0, 0.05) is 18.0 Å². The van der Waals surface area contributed by atoms with Crippen LogP contribution in [0.4, 0.5) is 4.79 Å². The lowest BCUT2D eigenvalue weighted by Gasteiger charge is -2.55. The molecule has 3 aliphatic rings. The van der Waals surface area contributed by atoms with E-state index in [-0.39, 0.29) is 18.1 Å². The average molecular weight is 502 g/mol. The summed E-state index contributed by atoms with van der Waals surface area (Å²) in [6.07, 6.45) is 4.32. The fraction of sp³-hybridized carbons (Fsp3) is 0.690. The highest BCUT2D eigenvalue weighted by Gasteiger charge is 2.56. The van der Waals surface area contributed by atoms with E-state index >= 15 is 0 Å². The number of ether oxygens (including phenoxy) is 5. The Balaban J connectivity index is 1.63. The fourth-order valence-electron chi connectivity index (χ4n) is 5.63. The summed E-state index contributed by atoms with van der Waals surface area (Å²) in [4.78, 5) is 14.6. The quantitative estimate of drug-likeness (QED) is 0.457. The molecule has 0 N–H and O–H groups in total. The van der Waals surface area contributed by atoms with Crippen molar-refractivity contribution in [3.63, 3.8) is 0 Å². The van der Waals surface area contributed by atoms with Crippen LogP contribution in [-0.4, -0.2) is 60.7 Å². The fourth-order valence-corrected chi connectivity index (χ4v) is 5.63. The lowest BCUT2D eigenvalue weighted by atomic mass is 9.69. The maximum Gasteiger partial charge on any atom is 0.410 e. The number of amides is 1. The second-order valence-corrected chi connectivity index (χ2v) is 11.8. The molecule has 1 amide bonds. The van der Waals surface area contributed by atoms with Gasteiger partial charge in [-0.1, -0.05) is 23.8 Å². The summed E-state index contributed by atoms with van der Waals surface area (Å²) in [6, 6.07) is 6.05. The highest BCUT2D eigenvalue weighted by atomic mass is 16.6. The third-order valence-corrected chi connectivity index (χ3v) is 7.31. The zero-order chi connectivity index (χ0) is 26.1. The molecule has 0 radical (unpaired) electrons. The number of allylic oxidation sites excluding steroid dienone is 2. The van der Waals surface area contributed by atoms with Crippen molar-refractivity contribution < 1.29 is 28.5 Å². The molecule has 2 saturated heterocycles. The van der Waals surface area contributed by atoms with Gasteiger partial charge >= 0.3 is 6.09 Å². The van der Waals surface area contributed by atoms with Crippen molar-refractivity contribution in [2.45, 2.75) is 90.6 Å². The zero-order valence-corrected chi connectivity index (χ0v) is 23.0. The normalized spacial score (nSPS) is 29.6. The Labute approximate surface area is 216 Å². The van der Waals surface area contributed by atoms with Crippen molar-refractivity contribution in [3.8, 4) is 11.5 Å². The summed E-state index contributed by atoms with van der Waals surface area (Å²) < 4.78 is 31.4. The van der Waals surface area contributed by atoms with Crippen LogP contribution in [0.15, 0.2) is 29.8 Å². The number of nitrogens with zero attached hydrogens (tertiary/aromatic N) is 1. The Morgan fingerprint density at radius 1 is 1.28 bits per heavy atom. The molecule has 0 unspecified atom stereocenters. The molecule has 0 saturated carbocycles. The molecule has 1 spiro atoms. The molecule has 0 bridgehead atoms. The van der Waals surface area contributed by atoms with Crippen LogP contribution in [0.3, 0.4) is 0 Å². The number of benzene rings is 1. The average Bonchev–Trinajstić information content (AvgIpc) is 2.79. The SMILES string of the molecule is CCOc1cccc2c1O[C@@](C)(CCC=C(C)C)[C@H]1C[C@@]3(CO[C@H]21)CN(C(=O)OC(C)(C)C)CCO3. The van der Waals surface area contributed by atoms with E-state index in [0.29, 0.717) is 32.9 Å². The first-order valence-electron chi connectivity index (χ1n) is 13.3. The summed E-state index contributed by atoms with van der Waals surface area (Å²) in [7, 11) is 0. The minimum absolute atomic E-state index is 0.0553. The van der Waals surface area contributed by atoms with Crippen molar-refractivity contribution in [2.24, 2.45) is 5.92 Å². The number of rotatable bonds is 5.